The molecule has 7 nitrogen and oxygen atoms in total. The monoisotopic (exact) mass is 455 g/mol. The molecule has 2 aromatic heterocycles. The van der Waals surface area contributed by atoms with Crippen LogP contribution < -0.4 is 16.2 Å². The second-order valence-electron chi connectivity index (χ2n) is 7.76. The van der Waals surface area contributed by atoms with Gasteiger partial charge >= 0.3 is 0 Å². The fourth-order valence-electron chi connectivity index (χ4n) is 3.61. The molecule has 8 heteroatoms. The lowest BCUT2D eigenvalue weighted by Gasteiger charge is -2.13. The first-order chi connectivity index (χ1) is 16.1. The molecule has 0 bridgehead atoms. The summed E-state index contributed by atoms with van der Waals surface area (Å²) in [5, 5.41) is 11.6. The Bertz CT molecular complexity index is 1510. The van der Waals surface area contributed by atoms with Gasteiger partial charge in [0, 0.05) is 17.8 Å². The van der Waals surface area contributed by atoms with E-state index < -0.39 is 0 Å². The van der Waals surface area contributed by atoms with E-state index in [1.54, 1.807) is 24.3 Å². The topological polar surface area (TPSA) is 88.4 Å². The maximum Gasteiger partial charge on any atom is 0.283 e. The number of benzene rings is 3. The number of hydrogen-bond donors (Lipinski definition) is 2. The largest absolute Gasteiger partial charge is 0.351 e. The maximum atomic E-state index is 12.7. The number of nitrogens with one attached hydrogen (secondary N) is 2. The Balaban J connectivity index is 1.32. The standard InChI is InChI=1S/C25H21N5O2S/c1-16(17-8-3-2-4-9-17)15-26-22(31)18-10-7-11-19(14-18)27-24-29-30-23(32)20-12-5-6-13-21(20)28-25(30)33-24/h2-14,16H,15H2,1H3,(H,26,31)(H,27,29)/t16-/m1/s1. The SMILES string of the molecule is C[C@H](CNC(=O)c1cccc(Nc2nn3c(=O)c4ccccc4nc3s2)c1)c1ccccc1. The van der Waals surface area contributed by atoms with E-state index in [0.29, 0.717) is 38.8 Å². The summed E-state index contributed by atoms with van der Waals surface area (Å²) in [4.78, 5) is 30.4. The van der Waals surface area contributed by atoms with Gasteiger partial charge < -0.3 is 10.6 Å². The Morgan fingerprint density at radius 2 is 1.82 bits per heavy atom. The van der Waals surface area contributed by atoms with Crippen LogP contribution in [0.2, 0.25) is 0 Å². The quantitative estimate of drug-likeness (QED) is 0.391. The number of nitrogens with zero attached hydrogens (tertiary/aromatic N) is 3. The van der Waals surface area contributed by atoms with Crippen molar-refractivity contribution in [2.45, 2.75) is 12.8 Å². The van der Waals surface area contributed by atoms with E-state index in [2.05, 4.69) is 39.8 Å². The Morgan fingerprint density at radius 3 is 2.67 bits per heavy atom. The number of carbonyl (C=O) groups excluding carboxylic acids is 1. The number of anilines is 2. The third-order valence-electron chi connectivity index (χ3n) is 5.42. The van der Waals surface area contributed by atoms with Crippen LogP contribution in [0.1, 0.15) is 28.8 Å². The van der Waals surface area contributed by atoms with Gasteiger partial charge in [0.25, 0.3) is 11.5 Å². The van der Waals surface area contributed by atoms with Gasteiger partial charge in [-0.15, -0.1) is 5.10 Å². The van der Waals surface area contributed by atoms with E-state index in [4.69, 9.17) is 0 Å². The summed E-state index contributed by atoms with van der Waals surface area (Å²) >= 11 is 1.28. The number of hydrogen-bond acceptors (Lipinski definition) is 6. The van der Waals surface area contributed by atoms with Gasteiger partial charge in [-0.2, -0.15) is 4.52 Å². The second-order valence-corrected chi connectivity index (χ2v) is 8.72. The highest BCUT2D eigenvalue weighted by Crippen LogP contribution is 2.23. The minimum Gasteiger partial charge on any atom is -0.351 e. The molecule has 0 unspecified atom stereocenters. The Hall–Kier alpha value is -4.04. The summed E-state index contributed by atoms with van der Waals surface area (Å²) in [6.45, 7) is 2.63. The van der Waals surface area contributed by atoms with Crippen molar-refractivity contribution >= 4 is 43.9 Å². The van der Waals surface area contributed by atoms with Crippen molar-refractivity contribution in [2.75, 3.05) is 11.9 Å². The van der Waals surface area contributed by atoms with Crippen molar-refractivity contribution in [3.05, 3.63) is 100 Å². The smallest absolute Gasteiger partial charge is 0.283 e. The zero-order chi connectivity index (χ0) is 22.8. The molecule has 2 N–H and O–H groups in total. The zero-order valence-corrected chi connectivity index (χ0v) is 18.7. The number of aromatic nitrogens is 3. The lowest BCUT2D eigenvalue weighted by atomic mass is 10.0. The number of carbonyl (C=O) groups is 1. The molecule has 0 aliphatic carbocycles. The van der Waals surface area contributed by atoms with Crippen LogP contribution in [0.4, 0.5) is 10.8 Å². The van der Waals surface area contributed by atoms with Gasteiger partial charge in [-0.1, -0.05) is 66.8 Å². The molecule has 1 amide bonds. The summed E-state index contributed by atoms with van der Waals surface area (Å²) in [7, 11) is 0. The van der Waals surface area contributed by atoms with Gasteiger partial charge in [0.15, 0.2) is 0 Å². The van der Waals surface area contributed by atoms with Gasteiger partial charge in [0.05, 0.1) is 10.9 Å². The summed E-state index contributed by atoms with van der Waals surface area (Å²) in [5.41, 5.74) is 2.86. The molecular weight excluding hydrogens is 434 g/mol. The lowest BCUT2D eigenvalue weighted by Crippen LogP contribution is -2.27. The van der Waals surface area contributed by atoms with E-state index in [9.17, 15) is 9.59 Å². The van der Waals surface area contributed by atoms with Crippen molar-refractivity contribution in [1.82, 2.24) is 19.9 Å². The molecule has 1 atom stereocenters. The third-order valence-corrected chi connectivity index (χ3v) is 6.24. The summed E-state index contributed by atoms with van der Waals surface area (Å²) < 4.78 is 1.30. The predicted octanol–water partition coefficient (Wildman–Crippen LogP) is 4.58. The first-order valence-electron chi connectivity index (χ1n) is 10.6. The number of rotatable bonds is 6. The highest BCUT2D eigenvalue weighted by molar-refractivity contribution is 7.20. The van der Waals surface area contributed by atoms with Gasteiger partial charge in [-0.05, 0) is 41.8 Å². The highest BCUT2D eigenvalue weighted by atomic mass is 32.1. The Morgan fingerprint density at radius 1 is 1.03 bits per heavy atom. The average Bonchev–Trinajstić information content (AvgIpc) is 3.25. The van der Waals surface area contributed by atoms with Crippen LogP contribution in [0.3, 0.4) is 0 Å². The van der Waals surface area contributed by atoms with E-state index in [1.807, 2.05) is 42.5 Å². The minimum atomic E-state index is -0.208. The lowest BCUT2D eigenvalue weighted by molar-refractivity contribution is 0.0951. The number of para-hydroxylation sites is 1. The molecular formula is C25H21N5O2S. The van der Waals surface area contributed by atoms with Crippen LogP contribution in [0.25, 0.3) is 15.9 Å². The number of fused-ring (bicyclic) bond motifs is 2. The van der Waals surface area contributed by atoms with E-state index in [-0.39, 0.29) is 17.4 Å². The first-order valence-corrected chi connectivity index (χ1v) is 11.4. The molecule has 0 aliphatic rings. The molecule has 0 radical (unpaired) electrons. The van der Waals surface area contributed by atoms with Crippen molar-refractivity contribution in [3.63, 3.8) is 0 Å². The van der Waals surface area contributed by atoms with Crippen LogP contribution in [0.15, 0.2) is 83.7 Å². The minimum absolute atomic E-state index is 0.144. The van der Waals surface area contributed by atoms with Crippen LogP contribution >= 0.6 is 11.3 Å². The summed E-state index contributed by atoms with van der Waals surface area (Å²) in [5.74, 6) is 0.0652. The van der Waals surface area contributed by atoms with Crippen molar-refractivity contribution in [3.8, 4) is 0 Å². The molecule has 0 saturated heterocycles. The Labute approximate surface area is 193 Å². The van der Waals surface area contributed by atoms with Crippen LogP contribution in [0.5, 0.6) is 0 Å². The fraction of sp³-hybridized carbons (Fsp3) is 0.120. The molecule has 2 heterocycles. The molecule has 0 spiro atoms. The molecule has 33 heavy (non-hydrogen) atoms. The maximum absolute atomic E-state index is 12.7. The molecule has 164 valence electrons. The predicted molar refractivity (Wildman–Crippen MR) is 132 cm³/mol. The molecule has 0 fully saturated rings. The first kappa shape index (κ1) is 20.8. The van der Waals surface area contributed by atoms with E-state index in [0.717, 1.165) is 0 Å². The third kappa shape index (κ3) is 4.33. The Kier molecular flexibility index (Phi) is 5.58. The van der Waals surface area contributed by atoms with E-state index in [1.165, 1.54) is 21.4 Å². The van der Waals surface area contributed by atoms with Gasteiger partial charge in [-0.25, -0.2) is 4.98 Å². The highest BCUT2D eigenvalue weighted by Gasteiger charge is 2.13. The average molecular weight is 456 g/mol. The zero-order valence-electron chi connectivity index (χ0n) is 17.9. The van der Waals surface area contributed by atoms with Gasteiger partial charge in [-0.3, -0.25) is 9.59 Å². The van der Waals surface area contributed by atoms with Crippen LogP contribution in [0, 0.1) is 0 Å². The fourth-order valence-corrected chi connectivity index (χ4v) is 4.43. The van der Waals surface area contributed by atoms with Crippen molar-refractivity contribution in [2.24, 2.45) is 0 Å². The van der Waals surface area contributed by atoms with Crippen LogP contribution in [-0.4, -0.2) is 27.0 Å². The normalized spacial score (nSPS) is 12.0. The van der Waals surface area contributed by atoms with Crippen LogP contribution in [-0.2, 0) is 0 Å². The van der Waals surface area contributed by atoms with Crippen molar-refractivity contribution in [1.29, 1.82) is 0 Å². The number of amides is 1. The van der Waals surface area contributed by atoms with Gasteiger partial charge in [0.2, 0.25) is 10.1 Å². The van der Waals surface area contributed by atoms with Crippen molar-refractivity contribution < 1.29 is 4.79 Å². The molecule has 5 aromatic rings. The summed E-state index contributed by atoms with van der Waals surface area (Å²) in [6.07, 6.45) is 0. The second kappa shape index (κ2) is 8.84. The molecule has 0 saturated carbocycles. The summed E-state index contributed by atoms with van der Waals surface area (Å²) in [6, 6.07) is 24.5. The molecule has 0 aliphatic heterocycles. The molecule has 3 aromatic carbocycles. The molecule has 5 rings (SSSR count). The van der Waals surface area contributed by atoms with Gasteiger partial charge in [0.1, 0.15) is 0 Å². The van der Waals surface area contributed by atoms with E-state index >= 15 is 0 Å².